The molecule has 4 nitrogen and oxygen atoms in total. The summed E-state index contributed by atoms with van der Waals surface area (Å²) in [6.07, 6.45) is 0. The zero-order chi connectivity index (χ0) is 20.6. The molecule has 5 heteroatoms. The van der Waals surface area contributed by atoms with E-state index in [1.165, 1.54) is 0 Å². The van der Waals surface area contributed by atoms with Gasteiger partial charge in [-0.25, -0.2) is 0 Å². The van der Waals surface area contributed by atoms with E-state index in [9.17, 15) is 4.79 Å². The molecule has 3 aromatic carbocycles. The third-order valence-corrected chi connectivity index (χ3v) is 4.28. The molecule has 0 saturated carbocycles. The van der Waals surface area contributed by atoms with E-state index < -0.39 is 0 Å². The van der Waals surface area contributed by atoms with Crippen LogP contribution in [0.25, 0.3) is 11.1 Å². The summed E-state index contributed by atoms with van der Waals surface area (Å²) in [6, 6.07) is 24.8. The highest BCUT2D eigenvalue weighted by atomic mass is 32.1. The van der Waals surface area contributed by atoms with Crippen molar-refractivity contribution in [1.29, 1.82) is 0 Å². The fraction of sp³-hybridized carbons (Fsp3) is 0.0833. The standard InChI is InChI=1S/C24H22N2O2S/c1-17(2)16-28-22-14-12-21(13-15-22)25-24(29)26-23(27)20-10-8-19(9-11-20)18-6-4-3-5-7-18/h3-15H,1,16H2,2H3,(H2,25,26,27,29). The van der Waals surface area contributed by atoms with E-state index >= 15 is 0 Å². The molecule has 0 saturated heterocycles. The maximum Gasteiger partial charge on any atom is 0.257 e. The van der Waals surface area contributed by atoms with E-state index in [1.807, 2.05) is 73.7 Å². The van der Waals surface area contributed by atoms with Gasteiger partial charge in [-0.05, 0) is 72.2 Å². The van der Waals surface area contributed by atoms with E-state index in [-0.39, 0.29) is 11.0 Å². The quantitative estimate of drug-likeness (QED) is 0.426. The van der Waals surface area contributed by atoms with Crippen molar-refractivity contribution < 1.29 is 9.53 Å². The molecule has 0 aliphatic heterocycles. The Balaban J connectivity index is 1.55. The molecule has 0 spiro atoms. The largest absolute Gasteiger partial charge is 0.489 e. The number of carbonyl (C=O) groups is 1. The van der Waals surface area contributed by atoms with Crippen LogP contribution in [0.3, 0.4) is 0 Å². The molecule has 0 radical (unpaired) electrons. The van der Waals surface area contributed by atoms with Crippen LogP contribution in [0.1, 0.15) is 17.3 Å². The predicted octanol–water partition coefficient (Wildman–Crippen LogP) is 5.44. The Hall–Kier alpha value is -3.44. The minimum absolute atomic E-state index is 0.234. The second-order valence-electron chi connectivity index (χ2n) is 6.62. The number of benzene rings is 3. The third-order valence-electron chi connectivity index (χ3n) is 4.08. The maximum absolute atomic E-state index is 12.4. The lowest BCUT2D eigenvalue weighted by Crippen LogP contribution is -2.34. The lowest BCUT2D eigenvalue weighted by Gasteiger charge is -2.11. The van der Waals surface area contributed by atoms with E-state index in [0.717, 1.165) is 28.1 Å². The molecule has 1 amide bonds. The van der Waals surface area contributed by atoms with Crippen LogP contribution < -0.4 is 15.4 Å². The smallest absolute Gasteiger partial charge is 0.257 e. The molecule has 3 rings (SSSR count). The molecule has 0 bridgehead atoms. The average molecular weight is 403 g/mol. The first-order valence-corrected chi connectivity index (χ1v) is 9.57. The third kappa shape index (κ3) is 6.02. The molecule has 0 atom stereocenters. The number of thiocarbonyl (C=S) groups is 1. The van der Waals surface area contributed by atoms with Gasteiger partial charge < -0.3 is 10.1 Å². The Kier molecular flexibility index (Phi) is 6.76. The van der Waals surface area contributed by atoms with Gasteiger partial charge in [0.15, 0.2) is 5.11 Å². The normalized spacial score (nSPS) is 10.1. The first-order valence-electron chi connectivity index (χ1n) is 9.16. The van der Waals surface area contributed by atoms with Gasteiger partial charge in [0.1, 0.15) is 12.4 Å². The number of anilines is 1. The summed E-state index contributed by atoms with van der Waals surface area (Å²) < 4.78 is 5.56. The highest BCUT2D eigenvalue weighted by molar-refractivity contribution is 7.80. The molecular formula is C24H22N2O2S. The van der Waals surface area contributed by atoms with Crippen molar-refractivity contribution in [1.82, 2.24) is 5.32 Å². The van der Waals surface area contributed by atoms with E-state index in [1.54, 1.807) is 12.1 Å². The highest BCUT2D eigenvalue weighted by Gasteiger charge is 2.08. The summed E-state index contributed by atoms with van der Waals surface area (Å²) in [5, 5.41) is 5.93. The van der Waals surface area contributed by atoms with Gasteiger partial charge in [0.2, 0.25) is 0 Å². The highest BCUT2D eigenvalue weighted by Crippen LogP contribution is 2.19. The van der Waals surface area contributed by atoms with Crippen LogP contribution in [0.5, 0.6) is 5.75 Å². The second-order valence-corrected chi connectivity index (χ2v) is 7.03. The van der Waals surface area contributed by atoms with Gasteiger partial charge in [-0.2, -0.15) is 0 Å². The summed E-state index contributed by atoms with van der Waals surface area (Å²) in [4.78, 5) is 12.4. The van der Waals surface area contributed by atoms with Gasteiger partial charge in [0.05, 0.1) is 0 Å². The van der Waals surface area contributed by atoms with Crippen molar-refractivity contribution in [3.63, 3.8) is 0 Å². The molecule has 0 aromatic heterocycles. The Morgan fingerprint density at radius 3 is 2.17 bits per heavy atom. The summed E-state index contributed by atoms with van der Waals surface area (Å²) in [7, 11) is 0. The van der Waals surface area contributed by atoms with Crippen LogP contribution in [-0.2, 0) is 0 Å². The Bertz CT molecular complexity index is 997. The second kappa shape index (κ2) is 9.66. The van der Waals surface area contributed by atoms with Crippen LogP contribution >= 0.6 is 12.2 Å². The summed E-state index contributed by atoms with van der Waals surface area (Å²) in [5.41, 5.74) is 4.41. The number of hydrogen-bond donors (Lipinski definition) is 2. The molecule has 0 aliphatic rings. The first-order chi connectivity index (χ1) is 14.0. The summed E-state index contributed by atoms with van der Waals surface area (Å²) in [5.74, 6) is 0.482. The minimum Gasteiger partial charge on any atom is -0.489 e. The lowest BCUT2D eigenvalue weighted by molar-refractivity contribution is 0.0978. The van der Waals surface area contributed by atoms with Gasteiger partial charge in [-0.3, -0.25) is 10.1 Å². The molecule has 0 fully saturated rings. The topological polar surface area (TPSA) is 50.4 Å². The fourth-order valence-electron chi connectivity index (χ4n) is 2.62. The van der Waals surface area contributed by atoms with Crippen LogP contribution in [0, 0.1) is 0 Å². The van der Waals surface area contributed by atoms with Crippen molar-refractivity contribution in [2.45, 2.75) is 6.92 Å². The summed E-state index contributed by atoms with van der Waals surface area (Å²) >= 11 is 5.25. The number of hydrogen-bond acceptors (Lipinski definition) is 3. The van der Waals surface area contributed by atoms with Crippen LogP contribution in [0.2, 0.25) is 0 Å². The van der Waals surface area contributed by atoms with Crippen LogP contribution in [0.4, 0.5) is 5.69 Å². The Morgan fingerprint density at radius 1 is 0.931 bits per heavy atom. The van der Waals surface area contributed by atoms with E-state index in [4.69, 9.17) is 17.0 Å². The molecule has 3 aromatic rings. The number of ether oxygens (including phenoxy) is 1. The van der Waals surface area contributed by atoms with Crippen LogP contribution in [0.15, 0.2) is 91.0 Å². The number of nitrogens with one attached hydrogen (secondary N) is 2. The molecule has 2 N–H and O–H groups in total. The minimum atomic E-state index is -0.261. The fourth-order valence-corrected chi connectivity index (χ4v) is 2.83. The van der Waals surface area contributed by atoms with Gasteiger partial charge in [-0.15, -0.1) is 0 Å². The molecular weight excluding hydrogens is 380 g/mol. The van der Waals surface area contributed by atoms with Gasteiger partial charge in [0.25, 0.3) is 5.91 Å². The Labute approximate surface area is 176 Å². The molecule has 0 heterocycles. The average Bonchev–Trinajstić information content (AvgIpc) is 2.74. The SMILES string of the molecule is C=C(C)COc1ccc(NC(=S)NC(=O)c2ccc(-c3ccccc3)cc2)cc1. The zero-order valence-corrected chi connectivity index (χ0v) is 17.0. The lowest BCUT2D eigenvalue weighted by atomic mass is 10.0. The number of amides is 1. The van der Waals surface area contributed by atoms with Crippen molar-refractivity contribution in [2.75, 3.05) is 11.9 Å². The number of carbonyl (C=O) groups excluding carboxylic acids is 1. The zero-order valence-electron chi connectivity index (χ0n) is 16.1. The van der Waals surface area contributed by atoms with E-state index in [0.29, 0.717) is 12.2 Å². The molecule has 0 unspecified atom stereocenters. The van der Waals surface area contributed by atoms with Crippen molar-refractivity contribution in [3.8, 4) is 16.9 Å². The summed E-state index contributed by atoms with van der Waals surface area (Å²) in [6.45, 7) is 6.19. The Morgan fingerprint density at radius 2 is 1.55 bits per heavy atom. The molecule has 29 heavy (non-hydrogen) atoms. The van der Waals surface area contributed by atoms with Crippen molar-refractivity contribution in [2.24, 2.45) is 0 Å². The first kappa shape index (κ1) is 20.3. The predicted molar refractivity (Wildman–Crippen MR) is 122 cm³/mol. The molecule has 146 valence electrons. The number of rotatable bonds is 6. The van der Waals surface area contributed by atoms with Crippen molar-refractivity contribution in [3.05, 3.63) is 96.6 Å². The van der Waals surface area contributed by atoms with Crippen LogP contribution in [-0.4, -0.2) is 17.6 Å². The van der Waals surface area contributed by atoms with Crippen molar-refractivity contribution >= 4 is 28.9 Å². The maximum atomic E-state index is 12.4. The van der Waals surface area contributed by atoms with Gasteiger partial charge in [-0.1, -0.05) is 49.0 Å². The van der Waals surface area contributed by atoms with E-state index in [2.05, 4.69) is 17.2 Å². The monoisotopic (exact) mass is 402 g/mol. The van der Waals surface area contributed by atoms with Gasteiger partial charge in [0, 0.05) is 11.3 Å². The van der Waals surface area contributed by atoms with Gasteiger partial charge >= 0.3 is 0 Å². The molecule has 0 aliphatic carbocycles.